The molecule has 4 aromatic carbocycles. The van der Waals surface area contributed by atoms with Crippen LogP contribution in [0.25, 0.3) is 20.8 Å². The SMILES string of the molecule is Cc1ccc2nc(-c3ccc(N4C(=O)CC(N(CCc5ccccc5)C(=O)c5ccc(F)cc5)C4=O)cc3)sc2c1. The van der Waals surface area contributed by atoms with Gasteiger partial charge in [0.05, 0.1) is 22.3 Å². The molecule has 1 aliphatic rings. The zero-order valence-electron chi connectivity index (χ0n) is 22.3. The lowest BCUT2D eigenvalue weighted by Crippen LogP contribution is -2.46. The fraction of sp³-hybridized carbons (Fsp3) is 0.152. The van der Waals surface area contributed by atoms with Gasteiger partial charge in [0.25, 0.3) is 11.8 Å². The fourth-order valence-corrected chi connectivity index (χ4v) is 6.16. The van der Waals surface area contributed by atoms with Crippen LogP contribution in [0.2, 0.25) is 0 Å². The first-order chi connectivity index (χ1) is 19.9. The fourth-order valence-electron chi connectivity index (χ4n) is 5.09. The Balaban J connectivity index is 1.26. The Morgan fingerprint density at radius 3 is 2.44 bits per heavy atom. The molecule has 1 fully saturated rings. The monoisotopic (exact) mass is 563 g/mol. The zero-order chi connectivity index (χ0) is 28.5. The summed E-state index contributed by atoms with van der Waals surface area (Å²) in [4.78, 5) is 47.8. The van der Waals surface area contributed by atoms with Crippen molar-refractivity contribution in [3.63, 3.8) is 0 Å². The van der Waals surface area contributed by atoms with E-state index in [4.69, 9.17) is 4.98 Å². The number of rotatable bonds is 7. The number of aryl methyl sites for hydroxylation is 1. The zero-order valence-corrected chi connectivity index (χ0v) is 23.1. The van der Waals surface area contributed by atoms with E-state index < -0.39 is 23.7 Å². The van der Waals surface area contributed by atoms with Crippen molar-refractivity contribution in [2.24, 2.45) is 0 Å². The summed E-state index contributed by atoms with van der Waals surface area (Å²) in [7, 11) is 0. The van der Waals surface area contributed by atoms with Gasteiger partial charge in [0.15, 0.2) is 0 Å². The molecule has 5 aromatic rings. The summed E-state index contributed by atoms with van der Waals surface area (Å²) in [6, 6.07) is 27.2. The highest BCUT2D eigenvalue weighted by molar-refractivity contribution is 7.21. The molecule has 2 heterocycles. The minimum absolute atomic E-state index is 0.125. The highest BCUT2D eigenvalue weighted by atomic mass is 32.1. The first kappa shape index (κ1) is 26.5. The van der Waals surface area contributed by atoms with E-state index in [1.54, 1.807) is 23.5 Å². The smallest absolute Gasteiger partial charge is 0.257 e. The number of aromatic nitrogens is 1. The molecule has 0 saturated carbocycles. The van der Waals surface area contributed by atoms with Crippen LogP contribution in [0.1, 0.15) is 27.9 Å². The number of thiazole rings is 1. The molecule has 0 spiro atoms. The Morgan fingerprint density at radius 1 is 0.976 bits per heavy atom. The third-order valence-electron chi connectivity index (χ3n) is 7.25. The number of amides is 3. The number of imide groups is 1. The standard InChI is InChI=1S/C33H26FN3O3S/c1-21-7-16-27-29(19-21)41-31(35-27)23-10-14-26(15-11-23)37-30(38)20-28(33(37)40)36(18-17-22-5-3-2-4-6-22)32(39)24-8-12-25(34)13-9-24/h2-16,19,28H,17-18,20H2,1H3. The van der Waals surface area contributed by atoms with Crippen LogP contribution in [0.3, 0.4) is 0 Å². The summed E-state index contributed by atoms with van der Waals surface area (Å²) in [5.41, 5.74) is 4.68. The Bertz CT molecular complexity index is 1750. The lowest BCUT2D eigenvalue weighted by atomic mass is 10.1. The van der Waals surface area contributed by atoms with Crippen molar-refractivity contribution >= 4 is 45.0 Å². The number of carbonyl (C=O) groups excluding carboxylic acids is 3. The minimum Gasteiger partial charge on any atom is -0.326 e. The number of nitrogens with zero attached hydrogens (tertiary/aromatic N) is 3. The molecular formula is C33H26FN3O3S. The molecule has 3 amide bonds. The first-order valence-electron chi connectivity index (χ1n) is 13.3. The minimum atomic E-state index is -0.962. The predicted octanol–water partition coefficient (Wildman–Crippen LogP) is 6.43. The summed E-state index contributed by atoms with van der Waals surface area (Å²) in [5, 5.41) is 0.853. The molecule has 204 valence electrons. The second kappa shape index (κ2) is 11.1. The molecule has 41 heavy (non-hydrogen) atoms. The van der Waals surface area contributed by atoms with Crippen molar-refractivity contribution in [3.05, 3.63) is 120 Å². The molecule has 0 bridgehead atoms. The first-order valence-corrected chi connectivity index (χ1v) is 14.1. The van der Waals surface area contributed by atoms with E-state index >= 15 is 0 Å². The van der Waals surface area contributed by atoms with Gasteiger partial charge in [0, 0.05) is 17.7 Å². The summed E-state index contributed by atoms with van der Waals surface area (Å²) < 4.78 is 14.6. The number of carbonyl (C=O) groups is 3. The Hall–Kier alpha value is -4.69. The van der Waals surface area contributed by atoms with Crippen LogP contribution in [0, 0.1) is 12.7 Å². The average molecular weight is 564 g/mol. The third-order valence-corrected chi connectivity index (χ3v) is 8.32. The van der Waals surface area contributed by atoms with Crippen molar-refractivity contribution in [2.75, 3.05) is 11.4 Å². The Morgan fingerprint density at radius 2 is 1.71 bits per heavy atom. The number of fused-ring (bicyclic) bond motifs is 1. The number of halogens is 1. The number of anilines is 1. The van der Waals surface area contributed by atoms with Gasteiger partial charge in [-0.05, 0) is 85.1 Å². The average Bonchev–Trinajstić information content (AvgIpc) is 3.53. The van der Waals surface area contributed by atoms with Crippen molar-refractivity contribution in [1.29, 1.82) is 0 Å². The summed E-state index contributed by atoms with van der Waals surface area (Å²) in [5.74, 6) is -1.71. The van der Waals surface area contributed by atoms with Crippen molar-refractivity contribution in [3.8, 4) is 10.6 Å². The molecule has 0 N–H and O–H groups in total. The lowest BCUT2D eigenvalue weighted by molar-refractivity contribution is -0.122. The predicted molar refractivity (Wildman–Crippen MR) is 158 cm³/mol. The summed E-state index contributed by atoms with van der Waals surface area (Å²) in [6.07, 6.45) is 0.377. The van der Waals surface area contributed by atoms with Crippen molar-refractivity contribution in [2.45, 2.75) is 25.8 Å². The normalized spacial score (nSPS) is 15.1. The van der Waals surface area contributed by atoms with E-state index in [0.29, 0.717) is 12.1 Å². The maximum Gasteiger partial charge on any atom is 0.257 e. The summed E-state index contributed by atoms with van der Waals surface area (Å²) >= 11 is 1.59. The molecule has 8 heteroatoms. The van der Waals surface area contributed by atoms with Crippen LogP contribution in [0.5, 0.6) is 0 Å². The molecular weight excluding hydrogens is 537 g/mol. The Kier molecular flexibility index (Phi) is 7.15. The molecule has 1 atom stereocenters. The van der Waals surface area contributed by atoms with Crippen LogP contribution in [0.4, 0.5) is 10.1 Å². The number of benzene rings is 4. The van der Waals surface area contributed by atoms with Gasteiger partial charge in [0.2, 0.25) is 5.91 Å². The highest BCUT2D eigenvalue weighted by Gasteiger charge is 2.44. The molecule has 1 aliphatic heterocycles. The van der Waals surface area contributed by atoms with E-state index in [1.165, 1.54) is 34.7 Å². The molecule has 1 saturated heterocycles. The van der Waals surface area contributed by atoms with Crippen molar-refractivity contribution in [1.82, 2.24) is 9.88 Å². The number of hydrogen-bond acceptors (Lipinski definition) is 5. The topological polar surface area (TPSA) is 70.6 Å². The van der Waals surface area contributed by atoms with Gasteiger partial charge in [-0.15, -0.1) is 11.3 Å². The van der Waals surface area contributed by atoms with Gasteiger partial charge >= 0.3 is 0 Å². The third kappa shape index (κ3) is 5.38. The van der Waals surface area contributed by atoms with E-state index in [1.807, 2.05) is 61.5 Å². The van der Waals surface area contributed by atoms with Crippen LogP contribution < -0.4 is 4.90 Å². The molecule has 1 aromatic heterocycles. The molecule has 6 nitrogen and oxygen atoms in total. The van der Waals surface area contributed by atoms with E-state index in [0.717, 1.165) is 31.3 Å². The second-order valence-corrected chi connectivity index (χ2v) is 11.1. The van der Waals surface area contributed by atoms with E-state index in [9.17, 15) is 18.8 Å². The quantitative estimate of drug-likeness (QED) is 0.214. The second-order valence-electron chi connectivity index (χ2n) is 10.1. The van der Waals surface area contributed by atoms with Gasteiger partial charge in [-0.1, -0.05) is 36.4 Å². The van der Waals surface area contributed by atoms with Crippen LogP contribution in [-0.2, 0) is 16.0 Å². The van der Waals surface area contributed by atoms with Crippen LogP contribution in [0.15, 0.2) is 97.1 Å². The molecule has 1 unspecified atom stereocenters. The van der Waals surface area contributed by atoms with Gasteiger partial charge in [-0.2, -0.15) is 0 Å². The lowest BCUT2D eigenvalue weighted by Gasteiger charge is -2.28. The summed E-state index contributed by atoms with van der Waals surface area (Å²) in [6.45, 7) is 2.27. The highest BCUT2D eigenvalue weighted by Crippen LogP contribution is 2.33. The molecule has 6 rings (SSSR count). The Labute approximate surface area is 240 Å². The molecule has 0 aliphatic carbocycles. The molecule has 0 radical (unpaired) electrons. The maximum atomic E-state index is 13.7. The largest absolute Gasteiger partial charge is 0.326 e. The van der Waals surface area contributed by atoms with Gasteiger partial charge in [-0.3, -0.25) is 14.4 Å². The van der Waals surface area contributed by atoms with Crippen LogP contribution >= 0.6 is 11.3 Å². The van der Waals surface area contributed by atoms with Crippen LogP contribution in [-0.4, -0.2) is 40.2 Å². The number of hydrogen-bond donors (Lipinski definition) is 0. The van der Waals surface area contributed by atoms with E-state index in [2.05, 4.69) is 6.07 Å². The van der Waals surface area contributed by atoms with E-state index in [-0.39, 0.29) is 24.4 Å². The van der Waals surface area contributed by atoms with Gasteiger partial charge in [-0.25, -0.2) is 14.3 Å². The van der Waals surface area contributed by atoms with Gasteiger partial charge < -0.3 is 4.90 Å². The van der Waals surface area contributed by atoms with Crippen molar-refractivity contribution < 1.29 is 18.8 Å². The maximum absolute atomic E-state index is 13.7. The van der Waals surface area contributed by atoms with Gasteiger partial charge in [0.1, 0.15) is 16.9 Å².